The minimum Gasteiger partial charge on any atom is -0.477 e. The Hall–Kier alpha value is -1.46. The lowest BCUT2D eigenvalue weighted by Crippen LogP contribution is -2.13. The van der Waals surface area contributed by atoms with E-state index < -0.39 is 11.7 Å². The van der Waals surface area contributed by atoms with Crippen LogP contribution in [0.2, 0.25) is 0 Å². The Morgan fingerprint density at radius 3 is 2.55 bits per heavy atom. The Labute approximate surface area is 117 Å². The van der Waals surface area contributed by atoms with E-state index in [0.717, 1.165) is 37.8 Å². The van der Waals surface area contributed by atoms with Crippen molar-refractivity contribution in [1.29, 1.82) is 0 Å². The summed E-state index contributed by atoms with van der Waals surface area (Å²) in [5.74, 6) is 0.0798. The second kappa shape index (κ2) is 7.36. The molecule has 0 spiro atoms. The Bertz CT molecular complexity index is 421. The van der Waals surface area contributed by atoms with Gasteiger partial charge in [-0.05, 0) is 18.4 Å². The monoisotopic (exact) mass is 290 g/mol. The van der Waals surface area contributed by atoms with Crippen molar-refractivity contribution in [3.05, 3.63) is 17.7 Å². The van der Waals surface area contributed by atoms with Gasteiger partial charge in [0.25, 0.3) is 0 Å². The summed E-state index contributed by atoms with van der Waals surface area (Å²) < 4.78 is 43.3. The Balaban J connectivity index is 2.70. The Morgan fingerprint density at radius 2 is 2.00 bits per heavy atom. The smallest absolute Gasteiger partial charge is 0.416 e. The number of nitrogens with zero attached hydrogens (tertiary/aromatic N) is 1. The molecule has 0 amide bonds. The van der Waals surface area contributed by atoms with Gasteiger partial charge >= 0.3 is 6.18 Å². The highest BCUT2D eigenvalue weighted by atomic mass is 19.4. The van der Waals surface area contributed by atoms with Crippen LogP contribution in [0, 0.1) is 5.92 Å². The van der Waals surface area contributed by atoms with Crippen molar-refractivity contribution < 1.29 is 17.9 Å². The van der Waals surface area contributed by atoms with E-state index in [2.05, 4.69) is 11.9 Å². The van der Waals surface area contributed by atoms with E-state index in [9.17, 15) is 13.2 Å². The van der Waals surface area contributed by atoms with Crippen molar-refractivity contribution >= 4 is 5.82 Å². The quantitative estimate of drug-likeness (QED) is 0.815. The van der Waals surface area contributed by atoms with Crippen LogP contribution in [0.3, 0.4) is 0 Å². The van der Waals surface area contributed by atoms with Crippen molar-refractivity contribution in [2.45, 2.75) is 45.7 Å². The van der Waals surface area contributed by atoms with Crippen LogP contribution in [0.25, 0.3) is 0 Å². The molecule has 0 aliphatic heterocycles. The number of halogens is 3. The van der Waals surface area contributed by atoms with Crippen molar-refractivity contribution in [2.24, 2.45) is 5.92 Å². The van der Waals surface area contributed by atoms with Gasteiger partial charge in [0, 0.05) is 6.07 Å². The molecule has 20 heavy (non-hydrogen) atoms. The van der Waals surface area contributed by atoms with Gasteiger partial charge in [-0.3, -0.25) is 0 Å². The highest BCUT2D eigenvalue weighted by Gasteiger charge is 2.31. The summed E-state index contributed by atoms with van der Waals surface area (Å²) in [6.45, 7) is 4.50. The van der Waals surface area contributed by atoms with Gasteiger partial charge in [-0.1, -0.05) is 33.1 Å². The lowest BCUT2D eigenvalue weighted by molar-refractivity contribution is -0.137. The van der Waals surface area contributed by atoms with Gasteiger partial charge < -0.3 is 10.5 Å². The van der Waals surface area contributed by atoms with Crippen molar-refractivity contribution in [3.8, 4) is 5.88 Å². The molecular weight excluding hydrogens is 269 g/mol. The molecule has 0 radical (unpaired) electrons. The molecule has 0 fully saturated rings. The molecule has 0 bridgehead atoms. The highest BCUT2D eigenvalue weighted by molar-refractivity contribution is 5.38. The predicted molar refractivity (Wildman–Crippen MR) is 72.5 cm³/mol. The first-order valence-corrected chi connectivity index (χ1v) is 6.84. The Kier molecular flexibility index (Phi) is 6.10. The molecule has 3 nitrogen and oxygen atoms in total. The zero-order valence-electron chi connectivity index (χ0n) is 11.8. The van der Waals surface area contributed by atoms with Crippen LogP contribution in [0.15, 0.2) is 12.1 Å². The summed E-state index contributed by atoms with van der Waals surface area (Å²) >= 11 is 0. The highest BCUT2D eigenvalue weighted by Crippen LogP contribution is 2.32. The zero-order chi connectivity index (χ0) is 15.2. The van der Waals surface area contributed by atoms with Gasteiger partial charge in [-0.15, -0.1) is 0 Å². The number of aromatic nitrogens is 1. The maximum absolute atomic E-state index is 12.6. The molecule has 0 aliphatic rings. The van der Waals surface area contributed by atoms with E-state index in [1.807, 2.05) is 6.92 Å². The molecule has 0 aromatic carbocycles. The van der Waals surface area contributed by atoms with Crippen LogP contribution in [0.5, 0.6) is 5.88 Å². The van der Waals surface area contributed by atoms with E-state index in [1.165, 1.54) is 0 Å². The minimum atomic E-state index is -4.44. The standard InChI is InChI=1S/C14H21F3N2O/c1-3-5-6-10(4-2)9-20-13-8-11(14(15,16)17)7-12(18)19-13/h7-8,10H,3-6,9H2,1-2H3,(H2,18,19). The molecule has 1 aromatic rings. The first kappa shape index (κ1) is 16.6. The maximum atomic E-state index is 12.6. The molecule has 1 heterocycles. The van der Waals surface area contributed by atoms with E-state index in [0.29, 0.717) is 12.5 Å². The summed E-state index contributed by atoms with van der Waals surface area (Å²) in [5, 5.41) is 0. The van der Waals surface area contributed by atoms with Gasteiger partial charge in [0.2, 0.25) is 5.88 Å². The lowest BCUT2D eigenvalue weighted by Gasteiger charge is -2.16. The number of unbranched alkanes of at least 4 members (excludes halogenated alkanes) is 1. The van der Waals surface area contributed by atoms with Crippen molar-refractivity contribution in [3.63, 3.8) is 0 Å². The van der Waals surface area contributed by atoms with E-state index in [4.69, 9.17) is 10.5 Å². The van der Waals surface area contributed by atoms with Crippen LogP contribution < -0.4 is 10.5 Å². The summed E-state index contributed by atoms with van der Waals surface area (Å²) in [6, 6.07) is 1.70. The van der Waals surface area contributed by atoms with E-state index >= 15 is 0 Å². The molecule has 0 aliphatic carbocycles. The van der Waals surface area contributed by atoms with Crippen molar-refractivity contribution in [2.75, 3.05) is 12.3 Å². The molecule has 1 aromatic heterocycles. The van der Waals surface area contributed by atoms with Gasteiger partial charge in [0.1, 0.15) is 5.82 Å². The molecule has 0 saturated carbocycles. The van der Waals surface area contributed by atoms with Crippen LogP contribution in [-0.4, -0.2) is 11.6 Å². The summed E-state index contributed by atoms with van der Waals surface area (Å²) in [4.78, 5) is 3.79. The van der Waals surface area contributed by atoms with Crippen LogP contribution in [-0.2, 0) is 6.18 Å². The van der Waals surface area contributed by atoms with Gasteiger partial charge in [0.15, 0.2) is 0 Å². The molecule has 1 atom stereocenters. The molecular formula is C14H21F3N2O. The molecule has 2 N–H and O–H groups in total. The topological polar surface area (TPSA) is 48.1 Å². The number of ether oxygens (including phenoxy) is 1. The van der Waals surface area contributed by atoms with Crippen LogP contribution in [0.4, 0.5) is 19.0 Å². The first-order chi connectivity index (χ1) is 9.36. The number of pyridine rings is 1. The van der Waals surface area contributed by atoms with Gasteiger partial charge in [-0.25, -0.2) is 0 Å². The molecule has 1 unspecified atom stereocenters. The second-order valence-corrected chi connectivity index (χ2v) is 4.84. The molecule has 1 rings (SSSR count). The third-order valence-electron chi connectivity index (χ3n) is 3.16. The number of anilines is 1. The van der Waals surface area contributed by atoms with Crippen molar-refractivity contribution in [1.82, 2.24) is 4.98 Å². The third-order valence-corrected chi connectivity index (χ3v) is 3.16. The number of nitrogens with two attached hydrogens (primary N) is 1. The minimum absolute atomic E-state index is 0.0627. The maximum Gasteiger partial charge on any atom is 0.416 e. The predicted octanol–water partition coefficient (Wildman–Crippen LogP) is 4.28. The largest absolute Gasteiger partial charge is 0.477 e. The van der Waals surface area contributed by atoms with E-state index in [1.54, 1.807) is 0 Å². The fourth-order valence-corrected chi connectivity index (χ4v) is 1.86. The fourth-order valence-electron chi connectivity index (χ4n) is 1.86. The number of alkyl halides is 3. The summed E-state index contributed by atoms with van der Waals surface area (Å²) in [5.41, 5.74) is 4.55. The Morgan fingerprint density at radius 1 is 1.30 bits per heavy atom. The summed E-state index contributed by atoms with van der Waals surface area (Å²) in [7, 11) is 0. The number of rotatable bonds is 7. The first-order valence-electron chi connectivity index (χ1n) is 6.84. The van der Waals surface area contributed by atoms with Gasteiger partial charge in [-0.2, -0.15) is 18.2 Å². The van der Waals surface area contributed by atoms with Crippen LogP contribution >= 0.6 is 0 Å². The van der Waals surface area contributed by atoms with E-state index in [-0.39, 0.29) is 11.7 Å². The average molecular weight is 290 g/mol. The molecule has 114 valence electrons. The molecule has 6 heteroatoms. The number of nitrogen functional groups attached to an aromatic ring is 1. The number of hydrogen-bond donors (Lipinski definition) is 1. The molecule has 0 saturated heterocycles. The summed E-state index contributed by atoms with van der Waals surface area (Å²) in [6.07, 6.45) is -0.345. The fraction of sp³-hybridized carbons (Fsp3) is 0.643. The third kappa shape index (κ3) is 5.27. The SMILES string of the molecule is CCCCC(CC)COc1cc(C(F)(F)F)cc(N)n1. The second-order valence-electron chi connectivity index (χ2n) is 4.84. The lowest BCUT2D eigenvalue weighted by atomic mass is 10.0. The van der Waals surface area contributed by atoms with Gasteiger partial charge in [0.05, 0.1) is 12.2 Å². The number of hydrogen-bond acceptors (Lipinski definition) is 3. The normalized spacial score (nSPS) is 13.2. The van der Waals surface area contributed by atoms with Crippen LogP contribution in [0.1, 0.15) is 45.1 Å². The zero-order valence-corrected chi connectivity index (χ0v) is 11.8. The average Bonchev–Trinajstić information content (AvgIpc) is 2.37.